The average Bonchev–Trinajstić information content (AvgIpc) is 3.12. The van der Waals surface area contributed by atoms with Gasteiger partial charge in [0.2, 0.25) is 5.91 Å². The van der Waals surface area contributed by atoms with Crippen LogP contribution in [0.2, 0.25) is 0 Å². The second-order valence-electron chi connectivity index (χ2n) is 6.03. The molecule has 7 heteroatoms. The lowest BCUT2D eigenvalue weighted by molar-refractivity contribution is -0.130. The number of hydrogen-bond acceptors (Lipinski definition) is 5. The number of aromatic nitrogens is 2. The van der Waals surface area contributed by atoms with Crippen molar-refractivity contribution in [2.24, 2.45) is 7.05 Å². The normalized spacial score (nSPS) is 26.5. The standard InChI is InChI=1S/C15H24N4O3/c1-17-12(4-5-16-17)2-3-15(21)19-10-13(14(20)11-19)18-6-8-22-9-7-18/h4-5,13-14,20H,2-3,6-11H2,1H3/t13-,14-/m1/s1. The van der Waals surface area contributed by atoms with Gasteiger partial charge >= 0.3 is 0 Å². The Hall–Kier alpha value is -1.44. The Morgan fingerprint density at radius 3 is 2.86 bits per heavy atom. The number of rotatable bonds is 4. The van der Waals surface area contributed by atoms with Crippen LogP contribution in [0.15, 0.2) is 12.3 Å². The number of amides is 1. The fourth-order valence-corrected chi connectivity index (χ4v) is 3.28. The lowest BCUT2D eigenvalue weighted by Crippen LogP contribution is -2.49. The van der Waals surface area contributed by atoms with Crippen molar-refractivity contribution in [3.63, 3.8) is 0 Å². The Kier molecular flexibility index (Phi) is 4.75. The molecule has 0 radical (unpaired) electrons. The van der Waals surface area contributed by atoms with Crippen LogP contribution in [-0.2, 0) is 23.0 Å². The zero-order valence-electron chi connectivity index (χ0n) is 13.0. The number of aryl methyl sites for hydroxylation is 2. The van der Waals surface area contributed by atoms with Crippen molar-refractivity contribution in [1.29, 1.82) is 0 Å². The second-order valence-corrected chi connectivity index (χ2v) is 6.03. The van der Waals surface area contributed by atoms with Crippen LogP contribution >= 0.6 is 0 Å². The van der Waals surface area contributed by atoms with Gasteiger partial charge in [-0.05, 0) is 12.5 Å². The van der Waals surface area contributed by atoms with Gasteiger partial charge in [0.1, 0.15) is 0 Å². The molecular weight excluding hydrogens is 284 g/mol. The molecule has 7 nitrogen and oxygen atoms in total. The largest absolute Gasteiger partial charge is 0.390 e. The molecule has 2 fully saturated rings. The van der Waals surface area contributed by atoms with Gasteiger partial charge in [0.25, 0.3) is 0 Å². The van der Waals surface area contributed by atoms with Gasteiger partial charge in [-0.15, -0.1) is 0 Å². The van der Waals surface area contributed by atoms with Gasteiger partial charge in [-0.1, -0.05) is 0 Å². The third kappa shape index (κ3) is 3.31. The minimum atomic E-state index is -0.459. The van der Waals surface area contributed by atoms with Crippen molar-refractivity contribution in [3.8, 4) is 0 Å². The molecule has 0 spiro atoms. The Morgan fingerprint density at radius 1 is 1.41 bits per heavy atom. The predicted molar refractivity (Wildman–Crippen MR) is 80.3 cm³/mol. The smallest absolute Gasteiger partial charge is 0.223 e. The van der Waals surface area contributed by atoms with E-state index in [1.54, 1.807) is 15.8 Å². The number of nitrogens with zero attached hydrogens (tertiary/aromatic N) is 4. The minimum Gasteiger partial charge on any atom is -0.390 e. The number of carbonyl (C=O) groups excluding carboxylic acids is 1. The van der Waals surface area contributed by atoms with Crippen LogP contribution in [0.25, 0.3) is 0 Å². The monoisotopic (exact) mass is 308 g/mol. The quantitative estimate of drug-likeness (QED) is 0.793. The molecule has 0 unspecified atom stereocenters. The van der Waals surface area contributed by atoms with E-state index in [2.05, 4.69) is 10.00 Å². The minimum absolute atomic E-state index is 0.0459. The number of aliphatic hydroxyl groups excluding tert-OH is 1. The number of likely N-dealkylation sites (tertiary alicyclic amines) is 1. The molecule has 1 aromatic heterocycles. The lowest BCUT2D eigenvalue weighted by atomic mass is 10.1. The molecule has 0 aromatic carbocycles. The number of carbonyl (C=O) groups is 1. The highest BCUT2D eigenvalue weighted by Crippen LogP contribution is 2.19. The molecule has 1 N–H and O–H groups in total. The number of aliphatic hydroxyl groups is 1. The van der Waals surface area contributed by atoms with Gasteiger partial charge in [0, 0.05) is 51.5 Å². The molecule has 3 rings (SSSR count). The average molecular weight is 308 g/mol. The van der Waals surface area contributed by atoms with E-state index in [1.807, 2.05) is 13.1 Å². The molecule has 0 saturated carbocycles. The molecule has 2 aliphatic rings. The van der Waals surface area contributed by atoms with Crippen LogP contribution in [0, 0.1) is 0 Å². The molecule has 2 atom stereocenters. The Bertz CT molecular complexity index is 513. The van der Waals surface area contributed by atoms with Gasteiger partial charge in [-0.2, -0.15) is 5.10 Å². The summed E-state index contributed by atoms with van der Waals surface area (Å²) in [6, 6.07) is 1.98. The molecule has 2 saturated heterocycles. The van der Waals surface area contributed by atoms with E-state index in [4.69, 9.17) is 4.74 Å². The topological polar surface area (TPSA) is 70.8 Å². The van der Waals surface area contributed by atoms with Gasteiger partial charge in [-0.3, -0.25) is 14.4 Å². The molecule has 3 heterocycles. The summed E-state index contributed by atoms with van der Waals surface area (Å²) < 4.78 is 7.14. The fourth-order valence-electron chi connectivity index (χ4n) is 3.28. The molecule has 1 amide bonds. The summed E-state index contributed by atoms with van der Waals surface area (Å²) in [6.45, 7) is 4.13. The van der Waals surface area contributed by atoms with Crippen molar-refractivity contribution >= 4 is 5.91 Å². The van der Waals surface area contributed by atoms with E-state index >= 15 is 0 Å². The molecule has 2 aliphatic heterocycles. The summed E-state index contributed by atoms with van der Waals surface area (Å²) in [5.74, 6) is 0.107. The first-order chi connectivity index (χ1) is 10.6. The lowest BCUT2D eigenvalue weighted by Gasteiger charge is -2.33. The third-order valence-electron chi connectivity index (χ3n) is 4.64. The predicted octanol–water partition coefficient (Wildman–Crippen LogP) is -0.743. The fraction of sp³-hybridized carbons (Fsp3) is 0.733. The molecule has 0 bridgehead atoms. The molecular formula is C15H24N4O3. The van der Waals surface area contributed by atoms with Crippen LogP contribution in [-0.4, -0.2) is 82.1 Å². The molecule has 0 aliphatic carbocycles. The van der Waals surface area contributed by atoms with Gasteiger partial charge in [0.15, 0.2) is 0 Å². The third-order valence-corrected chi connectivity index (χ3v) is 4.64. The van der Waals surface area contributed by atoms with E-state index in [-0.39, 0.29) is 11.9 Å². The number of hydrogen-bond donors (Lipinski definition) is 1. The number of ether oxygens (including phenoxy) is 1. The van der Waals surface area contributed by atoms with Gasteiger partial charge < -0.3 is 14.7 Å². The zero-order valence-corrected chi connectivity index (χ0v) is 13.0. The van der Waals surface area contributed by atoms with Crippen LogP contribution < -0.4 is 0 Å². The summed E-state index contributed by atoms with van der Waals surface area (Å²) in [5.41, 5.74) is 1.05. The SMILES string of the molecule is Cn1nccc1CCC(=O)N1C[C@@H](O)[C@H](N2CCOCC2)C1. The second kappa shape index (κ2) is 6.76. The summed E-state index contributed by atoms with van der Waals surface area (Å²) in [4.78, 5) is 16.4. The first-order valence-corrected chi connectivity index (χ1v) is 7.89. The first-order valence-electron chi connectivity index (χ1n) is 7.89. The van der Waals surface area contributed by atoms with E-state index in [0.717, 1.165) is 18.8 Å². The van der Waals surface area contributed by atoms with E-state index in [1.165, 1.54) is 0 Å². The summed E-state index contributed by atoms with van der Waals surface area (Å²) in [7, 11) is 1.88. The van der Waals surface area contributed by atoms with Crippen molar-refractivity contribution in [1.82, 2.24) is 19.6 Å². The number of β-amino-alcohol motifs (C(OH)–C–C–N with tert-alkyl or cyclic N) is 1. The first kappa shape index (κ1) is 15.5. The molecule has 1 aromatic rings. The maximum Gasteiger partial charge on any atom is 0.223 e. The maximum absolute atomic E-state index is 12.4. The van der Waals surface area contributed by atoms with Crippen molar-refractivity contribution in [2.75, 3.05) is 39.4 Å². The molecule has 22 heavy (non-hydrogen) atoms. The number of morpholine rings is 1. The van der Waals surface area contributed by atoms with Gasteiger partial charge in [0.05, 0.1) is 25.4 Å². The maximum atomic E-state index is 12.4. The van der Waals surface area contributed by atoms with Crippen LogP contribution in [0.5, 0.6) is 0 Å². The van der Waals surface area contributed by atoms with Crippen molar-refractivity contribution < 1.29 is 14.6 Å². The van der Waals surface area contributed by atoms with Gasteiger partial charge in [-0.25, -0.2) is 0 Å². The zero-order chi connectivity index (χ0) is 15.5. The summed E-state index contributed by atoms with van der Waals surface area (Å²) >= 11 is 0. The highest BCUT2D eigenvalue weighted by molar-refractivity contribution is 5.76. The molecule has 122 valence electrons. The van der Waals surface area contributed by atoms with Crippen LogP contribution in [0.3, 0.4) is 0 Å². The highest BCUT2D eigenvalue weighted by Gasteiger charge is 2.37. The van der Waals surface area contributed by atoms with E-state index in [0.29, 0.717) is 39.1 Å². The Morgan fingerprint density at radius 2 is 2.18 bits per heavy atom. The van der Waals surface area contributed by atoms with E-state index < -0.39 is 6.10 Å². The van der Waals surface area contributed by atoms with Crippen molar-refractivity contribution in [3.05, 3.63) is 18.0 Å². The summed E-state index contributed by atoms with van der Waals surface area (Å²) in [6.07, 6.45) is 2.43. The van der Waals surface area contributed by atoms with Crippen LogP contribution in [0.4, 0.5) is 0 Å². The Labute approximate surface area is 130 Å². The Balaban J connectivity index is 1.52. The van der Waals surface area contributed by atoms with Crippen molar-refractivity contribution in [2.45, 2.75) is 25.0 Å². The highest BCUT2D eigenvalue weighted by atomic mass is 16.5. The van der Waals surface area contributed by atoms with Crippen LogP contribution in [0.1, 0.15) is 12.1 Å². The van der Waals surface area contributed by atoms with E-state index in [9.17, 15) is 9.90 Å². The summed E-state index contributed by atoms with van der Waals surface area (Å²) in [5, 5.41) is 14.4.